The largest absolute Gasteiger partial charge is 0.481 e. The van der Waals surface area contributed by atoms with E-state index in [0.29, 0.717) is 18.9 Å². The van der Waals surface area contributed by atoms with Crippen LogP contribution in [0.5, 0.6) is 0 Å². The van der Waals surface area contributed by atoms with Crippen LogP contribution in [0, 0.1) is 0 Å². The Labute approximate surface area is 303 Å². The highest BCUT2D eigenvalue weighted by molar-refractivity contribution is 5.90. The number of likely N-dealkylation sites (tertiary alicyclic amines) is 1. The van der Waals surface area contributed by atoms with E-state index >= 15 is 0 Å². The summed E-state index contributed by atoms with van der Waals surface area (Å²) in [6, 6.07) is 8.99. The highest BCUT2D eigenvalue weighted by atomic mass is 16.4. The number of rotatable bonds is 23. The van der Waals surface area contributed by atoms with Crippen molar-refractivity contribution in [2.24, 2.45) is 0 Å². The molecule has 1 aliphatic heterocycles. The predicted molar refractivity (Wildman–Crippen MR) is 202 cm³/mol. The molecule has 5 rings (SSSR count). The van der Waals surface area contributed by atoms with Crippen molar-refractivity contribution in [2.45, 2.75) is 134 Å². The highest BCUT2D eigenvalue weighted by Gasteiger charge is 2.23. The molecule has 13 nitrogen and oxygen atoms in total. The molecule has 1 amide bonds. The molecule has 1 saturated heterocycles. The minimum atomic E-state index is -0.725. The molecule has 3 aromatic rings. The molecule has 0 radical (unpaired) electrons. The van der Waals surface area contributed by atoms with Crippen LogP contribution in [-0.4, -0.2) is 91.7 Å². The normalized spacial score (nSPS) is 15.7. The Bertz CT molecular complexity index is 1470. The van der Waals surface area contributed by atoms with Crippen LogP contribution in [0.25, 0.3) is 10.9 Å². The number of aliphatic carboxylic acids is 1. The second kappa shape index (κ2) is 21.5. The first-order valence-corrected chi connectivity index (χ1v) is 19.6. The molecule has 0 spiro atoms. The molecule has 2 aromatic heterocycles. The lowest BCUT2D eigenvalue weighted by Crippen LogP contribution is -2.42. The van der Waals surface area contributed by atoms with Crippen molar-refractivity contribution in [3.8, 4) is 0 Å². The van der Waals surface area contributed by atoms with Gasteiger partial charge in [-0.25, -0.2) is 4.98 Å². The fraction of sp³-hybridized carbons (Fsp3) is 0.684. The minimum Gasteiger partial charge on any atom is -0.481 e. The maximum absolute atomic E-state index is 12.8. The SMILES string of the molecule is O=C(O)CCCCCCCCC(=O)N1CCC(Nc2nc(NCc3cn(CCCNCCCNC4CCCCC4)nn3)nc3ccccc23)CC1. The Morgan fingerprint density at radius 3 is 2.35 bits per heavy atom. The van der Waals surface area contributed by atoms with Gasteiger partial charge in [0.1, 0.15) is 11.5 Å². The smallest absolute Gasteiger partial charge is 0.303 e. The average Bonchev–Trinajstić information content (AvgIpc) is 3.61. The summed E-state index contributed by atoms with van der Waals surface area (Å²) < 4.78 is 1.90. The van der Waals surface area contributed by atoms with Gasteiger partial charge in [-0.05, 0) is 83.1 Å². The monoisotopic (exact) mass is 704 g/mol. The van der Waals surface area contributed by atoms with Crippen molar-refractivity contribution in [1.82, 2.24) is 40.5 Å². The first-order valence-electron chi connectivity index (χ1n) is 19.6. The summed E-state index contributed by atoms with van der Waals surface area (Å²) in [5, 5.41) is 32.7. The molecule has 5 N–H and O–H groups in total. The molecule has 3 heterocycles. The number of amides is 1. The molecule has 0 atom stereocenters. The van der Waals surface area contributed by atoms with Crippen LogP contribution in [-0.2, 0) is 22.7 Å². The quantitative estimate of drug-likeness (QED) is 0.0766. The molecule has 1 aliphatic carbocycles. The molecule has 1 saturated carbocycles. The number of hydrogen-bond donors (Lipinski definition) is 5. The van der Waals surface area contributed by atoms with Gasteiger partial charge >= 0.3 is 5.97 Å². The molecule has 1 aromatic carbocycles. The van der Waals surface area contributed by atoms with Gasteiger partial charge in [0.15, 0.2) is 0 Å². The molecule has 2 aliphatic rings. The third-order valence-corrected chi connectivity index (χ3v) is 10.1. The Morgan fingerprint density at radius 1 is 0.804 bits per heavy atom. The highest BCUT2D eigenvalue weighted by Crippen LogP contribution is 2.25. The number of carboxylic acid groups (broad SMARTS) is 1. The number of piperidine rings is 1. The average molecular weight is 705 g/mol. The summed E-state index contributed by atoms with van der Waals surface area (Å²) in [5.41, 5.74) is 1.71. The van der Waals surface area contributed by atoms with Gasteiger partial charge in [-0.1, -0.05) is 62.3 Å². The van der Waals surface area contributed by atoms with Crippen LogP contribution >= 0.6 is 0 Å². The van der Waals surface area contributed by atoms with Crippen molar-refractivity contribution in [1.29, 1.82) is 0 Å². The molecule has 280 valence electrons. The zero-order valence-electron chi connectivity index (χ0n) is 30.5. The van der Waals surface area contributed by atoms with Crippen LogP contribution in [0.2, 0.25) is 0 Å². The van der Waals surface area contributed by atoms with Gasteiger partial charge in [0, 0.05) is 49.9 Å². The minimum absolute atomic E-state index is 0.221. The molecule has 0 bridgehead atoms. The van der Waals surface area contributed by atoms with E-state index < -0.39 is 5.97 Å². The van der Waals surface area contributed by atoms with Gasteiger partial charge in [-0.2, -0.15) is 4.98 Å². The van der Waals surface area contributed by atoms with E-state index in [4.69, 9.17) is 15.1 Å². The maximum Gasteiger partial charge on any atom is 0.303 e. The van der Waals surface area contributed by atoms with E-state index in [1.807, 2.05) is 40.0 Å². The number of benzene rings is 1. The second-order valence-corrected chi connectivity index (χ2v) is 14.3. The van der Waals surface area contributed by atoms with Crippen molar-refractivity contribution in [3.05, 3.63) is 36.2 Å². The number of anilines is 2. The van der Waals surface area contributed by atoms with E-state index in [2.05, 4.69) is 31.6 Å². The van der Waals surface area contributed by atoms with Crippen molar-refractivity contribution in [3.63, 3.8) is 0 Å². The number of hydrogen-bond acceptors (Lipinski definition) is 10. The van der Waals surface area contributed by atoms with Crippen LogP contribution in [0.15, 0.2) is 30.5 Å². The first kappa shape index (κ1) is 38.4. The van der Waals surface area contributed by atoms with E-state index in [1.54, 1.807) is 0 Å². The Hall–Kier alpha value is -3.84. The van der Waals surface area contributed by atoms with Gasteiger partial charge in [0.2, 0.25) is 11.9 Å². The number of carbonyl (C=O) groups is 2. The van der Waals surface area contributed by atoms with Gasteiger partial charge < -0.3 is 31.3 Å². The number of nitrogens with zero attached hydrogens (tertiary/aromatic N) is 6. The van der Waals surface area contributed by atoms with Gasteiger partial charge in [-0.15, -0.1) is 5.10 Å². The van der Waals surface area contributed by atoms with Crippen LogP contribution < -0.4 is 21.3 Å². The van der Waals surface area contributed by atoms with Crippen molar-refractivity contribution >= 4 is 34.5 Å². The Balaban J connectivity index is 0.987. The predicted octanol–water partition coefficient (Wildman–Crippen LogP) is 5.73. The lowest BCUT2D eigenvalue weighted by atomic mass is 9.95. The molecule has 2 fully saturated rings. The third kappa shape index (κ3) is 13.7. The lowest BCUT2D eigenvalue weighted by Gasteiger charge is -2.33. The molecule has 0 unspecified atom stereocenters. The van der Waals surface area contributed by atoms with E-state index in [-0.39, 0.29) is 18.4 Å². The fourth-order valence-electron chi connectivity index (χ4n) is 7.17. The van der Waals surface area contributed by atoms with E-state index in [9.17, 15) is 9.59 Å². The van der Waals surface area contributed by atoms with Gasteiger partial charge in [0.25, 0.3) is 0 Å². The number of fused-ring (bicyclic) bond motifs is 1. The van der Waals surface area contributed by atoms with E-state index in [0.717, 1.165) is 132 Å². The van der Waals surface area contributed by atoms with Crippen LogP contribution in [0.1, 0.15) is 115 Å². The number of aromatic nitrogens is 5. The number of unbranched alkanes of at least 4 members (excludes halogenated alkanes) is 5. The summed E-state index contributed by atoms with van der Waals surface area (Å²) in [6.45, 7) is 5.88. The summed E-state index contributed by atoms with van der Waals surface area (Å²) in [4.78, 5) is 35.1. The van der Waals surface area contributed by atoms with Crippen molar-refractivity contribution in [2.75, 3.05) is 43.4 Å². The molecular weight excluding hydrogens is 644 g/mol. The Morgan fingerprint density at radius 2 is 1.55 bits per heavy atom. The number of nitrogens with one attached hydrogen (secondary N) is 4. The summed E-state index contributed by atoms with van der Waals surface area (Å²) in [6.07, 6.45) is 19.2. The van der Waals surface area contributed by atoms with Gasteiger partial charge in [-0.3, -0.25) is 14.3 Å². The zero-order chi connectivity index (χ0) is 35.5. The fourth-order valence-corrected chi connectivity index (χ4v) is 7.17. The number of para-hydroxylation sites is 1. The maximum atomic E-state index is 12.8. The molecule has 51 heavy (non-hydrogen) atoms. The number of carbonyl (C=O) groups excluding carboxylic acids is 1. The number of aryl methyl sites for hydroxylation is 1. The zero-order valence-corrected chi connectivity index (χ0v) is 30.5. The third-order valence-electron chi connectivity index (χ3n) is 10.1. The topological polar surface area (TPSA) is 162 Å². The number of carboxylic acids is 1. The van der Waals surface area contributed by atoms with E-state index in [1.165, 1.54) is 32.1 Å². The Kier molecular flexibility index (Phi) is 16.2. The van der Waals surface area contributed by atoms with Crippen LogP contribution in [0.4, 0.5) is 11.8 Å². The summed E-state index contributed by atoms with van der Waals surface area (Å²) in [5.74, 6) is 0.858. The molecular formula is C38H60N10O3. The summed E-state index contributed by atoms with van der Waals surface area (Å²) >= 11 is 0. The van der Waals surface area contributed by atoms with Gasteiger partial charge in [0.05, 0.1) is 18.3 Å². The lowest BCUT2D eigenvalue weighted by molar-refractivity contribution is -0.137. The van der Waals surface area contributed by atoms with Crippen molar-refractivity contribution < 1.29 is 14.7 Å². The first-order chi connectivity index (χ1) is 25.0. The van der Waals surface area contributed by atoms with Crippen LogP contribution in [0.3, 0.4) is 0 Å². The molecule has 13 heteroatoms. The summed E-state index contributed by atoms with van der Waals surface area (Å²) in [7, 11) is 0. The standard InChI is InChI=1S/C38H60N10O3/c49-35(18-8-3-1-2-4-9-19-36(50)51)47-26-20-31(21-27-47)42-37-33-16-10-11-17-34(33)43-38(44-37)41-28-32-29-48(46-45-32)25-13-23-39-22-12-24-40-30-14-6-5-7-15-30/h10-11,16-17,29-31,39-40H,1-9,12-15,18-28H2,(H,50,51)(H2,41,42,43,44). The second-order valence-electron chi connectivity index (χ2n) is 14.3.